The Morgan fingerprint density at radius 3 is 2.09 bits per heavy atom. The van der Waals surface area contributed by atoms with Gasteiger partial charge >= 0.3 is 5.97 Å². The summed E-state index contributed by atoms with van der Waals surface area (Å²) in [5, 5.41) is 12.9. The highest BCUT2D eigenvalue weighted by Gasteiger charge is 2.45. The summed E-state index contributed by atoms with van der Waals surface area (Å²) in [6.45, 7) is 9.57. The Labute approximate surface area is 391 Å². The number of ketones is 2. The van der Waals surface area contributed by atoms with Crippen molar-refractivity contribution in [1.29, 1.82) is 0 Å². The van der Waals surface area contributed by atoms with E-state index >= 15 is 0 Å². The van der Waals surface area contributed by atoms with Crippen molar-refractivity contribution in [3.05, 3.63) is 48.0 Å². The van der Waals surface area contributed by atoms with Crippen molar-refractivity contribution in [2.45, 2.75) is 161 Å². The van der Waals surface area contributed by atoms with Crippen molar-refractivity contribution in [3.8, 4) is 0 Å². The number of carbonyl (C=O) groups excluding carboxylic acids is 7. The highest BCUT2D eigenvalue weighted by Crippen LogP contribution is 2.35. The molecular formula is C51H76N4O11. The zero-order chi connectivity index (χ0) is 48.7. The van der Waals surface area contributed by atoms with Crippen LogP contribution in [-0.4, -0.2) is 131 Å². The molecule has 0 unspecified atom stereocenters. The van der Waals surface area contributed by atoms with Crippen molar-refractivity contribution < 1.29 is 52.9 Å². The molecule has 1 saturated carbocycles. The van der Waals surface area contributed by atoms with E-state index in [0.29, 0.717) is 38.6 Å². The average Bonchev–Trinajstić information content (AvgIpc) is 3.90. The zero-order valence-corrected chi connectivity index (χ0v) is 40.6. The smallest absolute Gasteiger partial charge is 0.307 e. The SMILES string of the molecule is CO[C@H]([C@@H](C)C(=O)C[C@@H](Cc1ccccc1)C(=O)O)[C@@H]1CCCN1C(=O)C[C@@H](OC)[C@H](C1CCCCC1)N(C)C(=O)[C@@H](CC(=O)C(C)(C)NC(=O)CCCCCN1C(=O)C=CC1=O)C(C)C. The van der Waals surface area contributed by atoms with Gasteiger partial charge in [0.25, 0.3) is 11.8 Å². The molecule has 7 atom stereocenters. The Morgan fingerprint density at radius 1 is 0.848 bits per heavy atom. The number of amides is 5. The molecule has 1 aromatic carbocycles. The zero-order valence-electron chi connectivity index (χ0n) is 40.6. The molecule has 0 bridgehead atoms. The molecule has 2 fully saturated rings. The van der Waals surface area contributed by atoms with Crippen molar-refractivity contribution >= 4 is 47.1 Å². The minimum Gasteiger partial charge on any atom is -0.481 e. The number of ether oxygens (including phenoxy) is 2. The third-order valence-electron chi connectivity index (χ3n) is 14.2. The van der Waals surface area contributed by atoms with Gasteiger partial charge in [-0.05, 0) is 76.2 Å². The Hall–Kier alpha value is -4.76. The molecule has 2 aliphatic heterocycles. The van der Waals surface area contributed by atoms with Crippen LogP contribution in [0.2, 0.25) is 0 Å². The molecule has 0 spiro atoms. The lowest BCUT2D eigenvalue weighted by Crippen LogP contribution is -2.55. The summed E-state index contributed by atoms with van der Waals surface area (Å²) in [7, 11) is 4.82. The van der Waals surface area contributed by atoms with Crippen molar-refractivity contribution in [2.24, 2.45) is 29.6 Å². The molecule has 1 aromatic rings. The number of benzene rings is 1. The second-order valence-corrected chi connectivity index (χ2v) is 19.6. The number of hydrogen-bond donors (Lipinski definition) is 2. The third-order valence-corrected chi connectivity index (χ3v) is 14.2. The Kier molecular flexibility index (Phi) is 20.7. The minimum absolute atomic E-state index is 0.0151. The topological polar surface area (TPSA) is 197 Å². The maximum absolute atomic E-state index is 14.7. The first-order valence-electron chi connectivity index (χ1n) is 24.1. The number of likely N-dealkylation sites (N-methyl/N-ethyl adjacent to an activating group) is 1. The van der Waals surface area contributed by atoms with Crippen LogP contribution >= 0.6 is 0 Å². The number of unbranched alkanes of at least 4 members (excludes halogenated alkanes) is 2. The molecule has 5 amide bonds. The predicted molar refractivity (Wildman–Crippen MR) is 249 cm³/mol. The van der Waals surface area contributed by atoms with E-state index in [2.05, 4.69) is 5.32 Å². The highest BCUT2D eigenvalue weighted by atomic mass is 16.5. The molecule has 4 rings (SSSR count). The molecule has 15 heteroatoms. The van der Waals surface area contributed by atoms with Gasteiger partial charge in [-0.3, -0.25) is 43.3 Å². The lowest BCUT2D eigenvalue weighted by atomic mass is 9.79. The fourth-order valence-corrected chi connectivity index (χ4v) is 10.2. The molecule has 366 valence electrons. The van der Waals surface area contributed by atoms with E-state index in [0.717, 1.165) is 37.7 Å². The monoisotopic (exact) mass is 921 g/mol. The number of Topliss-reactive ketones (excluding diaryl/α,β-unsaturated/α-hetero) is 2. The Bertz CT molecular complexity index is 1860. The Morgan fingerprint density at radius 2 is 1.50 bits per heavy atom. The van der Waals surface area contributed by atoms with Crippen LogP contribution in [0.1, 0.15) is 130 Å². The summed E-state index contributed by atoms with van der Waals surface area (Å²) in [5.74, 6) is -5.40. The molecule has 1 aliphatic carbocycles. The second-order valence-electron chi connectivity index (χ2n) is 19.6. The van der Waals surface area contributed by atoms with Gasteiger partial charge in [-0.1, -0.05) is 76.8 Å². The Balaban J connectivity index is 1.42. The molecule has 2 heterocycles. The van der Waals surface area contributed by atoms with E-state index < -0.39 is 53.6 Å². The maximum atomic E-state index is 14.7. The fourth-order valence-electron chi connectivity index (χ4n) is 10.2. The number of carboxylic acids is 1. The molecule has 2 N–H and O–H groups in total. The van der Waals surface area contributed by atoms with Crippen molar-refractivity contribution in [3.63, 3.8) is 0 Å². The first-order valence-corrected chi connectivity index (χ1v) is 24.1. The molecular weight excluding hydrogens is 845 g/mol. The van der Waals surface area contributed by atoms with Crippen molar-refractivity contribution in [2.75, 3.05) is 34.4 Å². The lowest BCUT2D eigenvalue weighted by molar-refractivity contribution is -0.150. The van der Waals surface area contributed by atoms with Crippen LogP contribution in [0.3, 0.4) is 0 Å². The summed E-state index contributed by atoms with van der Waals surface area (Å²) in [6, 6.07) is 8.34. The van der Waals surface area contributed by atoms with Crippen LogP contribution in [0.5, 0.6) is 0 Å². The van der Waals surface area contributed by atoms with E-state index in [1.807, 2.05) is 44.2 Å². The number of aliphatic carboxylic acids is 1. The van der Waals surface area contributed by atoms with Crippen molar-refractivity contribution in [1.82, 2.24) is 20.0 Å². The molecule has 1 saturated heterocycles. The summed E-state index contributed by atoms with van der Waals surface area (Å²) < 4.78 is 12.1. The normalized spacial score (nSPS) is 19.6. The lowest BCUT2D eigenvalue weighted by Gasteiger charge is -2.43. The quantitative estimate of drug-likeness (QED) is 0.0781. The van der Waals surface area contributed by atoms with Gasteiger partial charge in [-0.2, -0.15) is 0 Å². The minimum atomic E-state index is -1.25. The van der Waals surface area contributed by atoms with E-state index in [1.165, 1.54) is 24.2 Å². The largest absolute Gasteiger partial charge is 0.481 e. The van der Waals surface area contributed by atoms with Gasteiger partial charge in [0, 0.05) is 77.6 Å². The van der Waals surface area contributed by atoms with Crippen LogP contribution < -0.4 is 5.32 Å². The van der Waals surface area contributed by atoms with Crippen LogP contribution in [-0.2, 0) is 54.3 Å². The number of imide groups is 1. The molecule has 0 radical (unpaired) electrons. The number of nitrogens with one attached hydrogen (secondary N) is 1. The van der Waals surface area contributed by atoms with Crippen LogP contribution in [0.25, 0.3) is 0 Å². The third kappa shape index (κ3) is 14.6. The highest BCUT2D eigenvalue weighted by molar-refractivity contribution is 6.12. The van der Waals surface area contributed by atoms with Gasteiger partial charge in [0.05, 0.1) is 42.2 Å². The van der Waals surface area contributed by atoms with E-state index in [4.69, 9.17) is 9.47 Å². The fraction of sp³-hybridized carbons (Fsp3) is 0.686. The molecule has 66 heavy (non-hydrogen) atoms. The number of carboxylic acid groups (broad SMARTS) is 1. The first kappa shape index (κ1) is 53.9. The second kappa shape index (κ2) is 25.4. The number of methoxy groups -OCH3 is 2. The summed E-state index contributed by atoms with van der Waals surface area (Å²) >= 11 is 0. The number of rotatable bonds is 27. The van der Waals surface area contributed by atoms with Gasteiger partial charge in [-0.15, -0.1) is 0 Å². The van der Waals surface area contributed by atoms with Crippen LogP contribution in [0, 0.1) is 29.6 Å². The summed E-state index contributed by atoms with van der Waals surface area (Å²) in [5.41, 5.74) is -0.415. The maximum Gasteiger partial charge on any atom is 0.307 e. The summed E-state index contributed by atoms with van der Waals surface area (Å²) in [6.07, 6.45) is 9.01. The first-order chi connectivity index (χ1) is 31.3. The molecule has 0 aromatic heterocycles. The summed E-state index contributed by atoms with van der Waals surface area (Å²) in [4.78, 5) is 110. The predicted octanol–water partition coefficient (Wildman–Crippen LogP) is 5.96. The molecule has 15 nitrogen and oxygen atoms in total. The van der Waals surface area contributed by atoms with E-state index in [9.17, 15) is 43.5 Å². The molecule has 3 aliphatic rings. The standard InChI is InChI=1S/C51H76N4O11/c1-33(2)38(31-42(57)51(4,5)52-43(58)24-16-11-17-27-55-44(59)25-26-45(55)60)49(62)53(6)47(36-21-14-10-15-22-36)41(65-7)32-46(61)54-28-18-23-39(54)48(66-8)34(3)40(56)30-37(50(63)64)29-35-19-12-9-13-20-35/h9,12-13,19-20,25-26,33-34,36-39,41,47-48H,10-11,14-18,21-24,27-32H2,1-8H3,(H,52,58)(H,63,64)/t34-,37+,38-,39-,41+,47-,48+/m0/s1. The van der Waals surface area contributed by atoms with Gasteiger partial charge in [-0.25, -0.2) is 0 Å². The van der Waals surface area contributed by atoms with Crippen LogP contribution in [0.4, 0.5) is 0 Å². The number of likely N-dealkylation sites (tertiary alicyclic amines) is 1. The van der Waals surface area contributed by atoms with Crippen LogP contribution in [0.15, 0.2) is 42.5 Å². The average molecular weight is 921 g/mol. The number of carbonyl (C=O) groups is 8. The van der Waals surface area contributed by atoms with Gasteiger partial charge in [0.1, 0.15) is 5.78 Å². The van der Waals surface area contributed by atoms with Gasteiger partial charge in [0.15, 0.2) is 5.78 Å². The van der Waals surface area contributed by atoms with E-state index in [-0.39, 0.29) is 91.6 Å². The van der Waals surface area contributed by atoms with Gasteiger partial charge < -0.3 is 29.7 Å². The number of hydrogen-bond acceptors (Lipinski definition) is 10. The van der Waals surface area contributed by atoms with E-state index in [1.54, 1.807) is 44.7 Å². The van der Waals surface area contributed by atoms with Gasteiger partial charge in [0.2, 0.25) is 17.7 Å². The number of nitrogens with zero attached hydrogens (tertiary/aromatic N) is 3.